The maximum absolute atomic E-state index is 13.3. The van der Waals surface area contributed by atoms with Crippen molar-refractivity contribution in [3.63, 3.8) is 0 Å². The highest BCUT2D eigenvalue weighted by molar-refractivity contribution is 7.98. The second-order valence-electron chi connectivity index (χ2n) is 6.93. The van der Waals surface area contributed by atoms with E-state index in [0.29, 0.717) is 23.6 Å². The predicted molar refractivity (Wildman–Crippen MR) is 116 cm³/mol. The van der Waals surface area contributed by atoms with Gasteiger partial charge < -0.3 is 19.7 Å². The second kappa shape index (κ2) is 12.3. The minimum atomic E-state index is -1.03. The Kier molecular flexibility index (Phi) is 9.78. The first-order valence-electron chi connectivity index (χ1n) is 9.46. The van der Waals surface area contributed by atoms with Gasteiger partial charge in [-0.05, 0) is 43.9 Å². The molecule has 0 radical (unpaired) electrons. The van der Waals surface area contributed by atoms with E-state index < -0.39 is 23.4 Å². The largest absolute Gasteiger partial charge is 0.464 e. The Balaban J connectivity index is 1.78. The first-order valence-corrected chi connectivity index (χ1v) is 10.6. The number of halogens is 1. The van der Waals surface area contributed by atoms with Crippen molar-refractivity contribution in [2.75, 3.05) is 39.5 Å². The van der Waals surface area contributed by atoms with Crippen molar-refractivity contribution in [2.24, 2.45) is 4.99 Å². The summed E-state index contributed by atoms with van der Waals surface area (Å²) in [6.45, 7) is 0.674. The first-order chi connectivity index (χ1) is 14.3. The number of aliphatic hydroxyl groups is 1. The molecular formula is C20H27FN4O4S. The molecule has 2 N–H and O–H groups in total. The summed E-state index contributed by atoms with van der Waals surface area (Å²) in [5, 5.41) is 24.0. The average Bonchev–Trinajstić information content (AvgIpc) is 3.11. The van der Waals surface area contributed by atoms with Gasteiger partial charge >= 0.3 is 0 Å². The Morgan fingerprint density at radius 2 is 2.13 bits per heavy atom. The molecule has 1 heterocycles. The summed E-state index contributed by atoms with van der Waals surface area (Å²) >= 11 is 1.64. The average molecular weight is 439 g/mol. The third-order valence-electron chi connectivity index (χ3n) is 3.98. The number of aliphatic hydroxyl groups excluding tert-OH is 1. The van der Waals surface area contributed by atoms with E-state index in [-0.39, 0.29) is 12.4 Å². The Bertz CT molecular complexity index is 844. The first kappa shape index (κ1) is 23.8. The summed E-state index contributed by atoms with van der Waals surface area (Å²) in [5.74, 6) is 2.92. The molecule has 8 nitrogen and oxygen atoms in total. The van der Waals surface area contributed by atoms with Gasteiger partial charge in [-0.3, -0.25) is 15.1 Å². The number of rotatable bonds is 12. The van der Waals surface area contributed by atoms with Crippen LogP contribution in [0.1, 0.15) is 23.2 Å². The number of aliphatic imine (C=N–C) groups is 1. The van der Waals surface area contributed by atoms with Gasteiger partial charge in [0.05, 0.1) is 24.9 Å². The van der Waals surface area contributed by atoms with E-state index in [1.807, 2.05) is 31.1 Å². The summed E-state index contributed by atoms with van der Waals surface area (Å²) in [6, 6.07) is 9.48. The van der Waals surface area contributed by atoms with Crippen molar-refractivity contribution < 1.29 is 18.8 Å². The lowest BCUT2D eigenvalue weighted by molar-refractivity contribution is -0.463. The third-order valence-corrected chi connectivity index (χ3v) is 4.96. The van der Waals surface area contributed by atoms with Crippen LogP contribution in [0.5, 0.6) is 0 Å². The highest BCUT2D eigenvalue weighted by Gasteiger charge is 2.11. The quantitative estimate of drug-likeness (QED) is 0.173. The molecule has 10 heteroatoms. The molecule has 0 saturated carbocycles. The van der Waals surface area contributed by atoms with Gasteiger partial charge in [-0.15, -0.1) is 0 Å². The monoisotopic (exact) mass is 438 g/mol. The van der Waals surface area contributed by atoms with E-state index in [2.05, 4.69) is 10.3 Å². The minimum Gasteiger partial charge on any atom is -0.464 e. The molecule has 30 heavy (non-hydrogen) atoms. The fourth-order valence-corrected chi connectivity index (χ4v) is 3.38. The smallest absolute Gasteiger partial charge is 0.259 e. The van der Waals surface area contributed by atoms with E-state index in [1.165, 1.54) is 18.2 Å². The van der Waals surface area contributed by atoms with Gasteiger partial charge in [0.2, 0.25) is 0 Å². The molecule has 0 saturated heterocycles. The number of furan rings is 1. The van der Waals surface area contributed by atoms with Crippen LogP contribution in [0.15, 0.2) is 45.8 Å². The Labute approximate surface area is 179 Å². The van der Waals surface area contributed by atoms with Crippen LogP contribution in [0.2, 0.25) is 0 Å². The highest BCUT2D eigenvalue weighted by atomic mass is 32.2. The summed E-state index contributed by atoms with van der Waals surface area (Å²) < 4.78 is 19.0. The Morgan fingerprint density at radius 3 is 2.83 bits per heavy atom. The van der Waals surface area contributed by atoms with E-state index in [4.69, 9.17) is 4.42 Å². The number of hydrogen-bond acceptors (Lipinski definition) is 7. The lowest BCUT2D eigenvalue weighted by atomic mass is 10.1. The van der Waals surface area contributed by atoms with Crippen molar-refractivity contribution in [2.45, 2.75) is 18.4 Å². The lowest BCUT2D eigenvalue weighted by Gasteiger charge is -2.10. The van der Waals surface area contributed by atoms with Crippen LogP contribution in [0, 0.1) is 15.9 Å². The number of benzene rings is 1. The SMILES string of the molecule is CN(C)Cc1ccc(CSCCNC(C[N+](=O)[O-])=NCC(O)c2cccc(F)c2)o1. The van der Waals surface area contributed by atoms with E-state index in [1.54, 1.807) is 17.8 Å². The summed E-state index contributed by atoms with van der Waals surface area (Å²) in [7, 11) is 3.95. The zero-order valence-corrected chi connectivity index (χ0v) is 17.9. The molecule has 0 aliphatic heterocycles. The van der Waals surface area contributed by atoms with Crippen LogP contribution in [0.3, 0.4) is 0 Å². The minimum absolute atomic E-state index is 0.0895. The molecule has 2 aromatic rings. The number of amidine groups is 1. The molecule has 0 spiro atoms. The third kappa shape index (κ3) is 8.93. The van der Waals surface area contributed by atoms with Crippen molar-refractivity contribution in [1.29, 1.82) is 0 Å². The van der Waals surface area contributed by atoms with E-state index in [0.717, 1.165) is 18.1 Å². The highest BCUT2D eigenvalue weighted by Crippen LogP contribution is 2.16. The van der Waals surface area contributed by atoms with Gasteiger partial charge in [-0.25, -0.2) is 4.39 Å². The van der Waals surface area contributed by atoms with Crippen LogP contribution < -0.4 is 5.32 Å². The zero-order valence-electron chi connectivity index (χ0n) is 17.1. The maximum atomic E-state index is 13.3. The summed E-state index contributed by atoms with van der Waals surface area (Å²) in [4.78, 5) is 16.5. The van der Waals surface area contributed by atoms with Crippen molar-refractivity contribution in [3.05, 3.63) is 69.4 Å². The fraction of sp³-hybridized carbons (Fsp3) is 0.450. The molecule has 164 valence electrons. The van der Waals surface area contributed by atoms with Crippen LogP contribution >= 0.6 is 11.8 Å². The molecule has 2 rings (SSSR count). The number of nitrogens with zero attached hydrogens (tertiary/aromatic N) is 3. The maximum Gasteiger partial charge on any atom is 0.259 e. The van der Waals surface area contributed by atoms with Crippen LogP contribution in [0.25, 0.3) is 0 Å². The van der Waals surface area contributed by atoms with E-state index in [9.17, 15) is 19.6 Å². The van der Waals surface area contributed by atoms with Gasteiger partial charge in [0, 0.05) is 17.2 Å². The van der Waals surface area contributed by atoms with Gasteiger partial charge in [0.1, 0.15) is 17.3 Å². The summed E-state index contributed by atoms with van der Waals surface area (Å²) in [5.41, 5.74) is 0.377. The standard InChI is InChI=1S/C20H27FN4O4S/c1-24(2)12-17-6-7-18(29-17)14-30-9-8-22-20(13-25(27)28)23-11-19(26)15-4-3-5-16(21)10-15/h3-7,10,19,26H,8-9,11-14H2,1-2H3,(H,22,23). The normalized spacial score (nSPS) is 12.9. The van der Waals surface area contributed by atoms with Gasteiger partial charge in [-0.1, -0.05) is 12.1 Å². The topological polar surface area (TPSA) is 104 Å². The van der Waals surface area contributed by atoms with Crippen molar-refractivity contribution in [1.82, 2.24) is 10.2 Å². The molecular weight excluding hydrogens is 411 g/mol. The number of nitro groups is 1. The molecule has 0 fully saturated rings. The van der Waals surface area contributed by atoms with E-state index >= 15 is 0 Å². The molecule has 1 aromatic heterocycles. The Morgan fingerprint density at radius 1 is 1.37 bits per heavy atom. The zero-order chi connectivity index (χ0) is 21.9. The molecule has 1 aromatic carbocycles. The van der Waals surface area contributed by atoms with Crippen LogP contribution in [0.4, 0.5) is 4.39 Å². The molecule has 0 bridgehead atoms. The Hall–Kier alpha value is -2.43. The van der Waals surface area contributed by atoms with Crippen molar-refractivity contribution in [3.8, 4) is 0 Å². The molecule has 1 unspecified atom stereocenters. The van der Waals surface area contributed by atoms with Crippen LogP contribution in [-0.4, -0.2) is 60.2 Å². The predicted octanol–water partition coefficient (Wildman–Crippen LogP) is 2.71. The fourth-order valence-electron chi connectivity index (χ4n) is 2.64. The molecule has 0 amide bonds. The number of nitrogens with one attached hydrogen (secondary N) is 1. The lowest BCUT2D eigenvalue weighted by Crippen LogP contribution is -2.32. The number of thioether (sulfide) groups is 1. The second-order valence-corrected chi connectivity index (χ2v) is 8.04. The van der Waals surface area contributed by atoms with Gasteiger partial charge in [-0.2, -0.15) is 11.8 Å². The van der Waals surface area contributed by atoms with Crippen molar-refractivity contribution >= 4 is 17.6 Å². The van der Waals surface area contributed by atoms with Crippen LogP contribution in [-0.2, 0) is 12.3 Å². The van der Waals surface area contributed by atoms with Gasteiger partial charge in [0.15, 0.2) is 5.84 Å². The summed E-state index contributed by atoms with van der Waals surface area (Å²) in [6.07, 6.45) is -1.03. The molecule has 1 atom stereocenters. The molecule has 0 aliphatic carbocycles. The molecule has 0 aliphatic rings. The number of hydrogen-bond donors (Lipinski definition) is 2. The van der Waals surface area contributed by atoms with Gasteiger partial charge in [0.25, 0.3) is 6.54 Å².